The Morgan fingerprint density at radius 1 is 0.710 bits per heavy atom. The first-order valence-corrected chi connectivity index (χ1v) is 8.74. The number of carbonyl (C=O) groups excluding carboxylic acids is 5. The van der Waals surface area contributed by atoms with E-state index in [0.29, 0.717) is 0 Å². The van der Waals surface area contributed by atoms with Crippen molar-refractivity contribution >= 4 is 35.4 Å². The number of carboxylic acids is 1. The minimum Gasteiger partial charge on any atom is -0.478 e. The summed E-state index contributed by atoms with van der Waals surface area (Å²) in [5, 5.41) is 9.50. The molecule has 0 unspecified atom stereocenters. The number of esters is 3. The smallest absolute Gasteiger partial charge is 0.336 e. The highest BCUT2D eigenvalue weighted by Gasteiger charge is 2.39. The van der Waals surface area contributed by atoms with E-state index in [9.17, 15) is 33.9 Å². The topological polar surface area (TPSA) is 150 Å². The molecule has 31 heavy (non-hydrogen) atoms. The van der Waals surface area contributed by atoms with Gasteiger partial charge in [0.2, 0.25) is 5.78 Å². The summed E-state index contributed by atoms with van der Waals surface area (Å²) in [7, 11) is 0. The van der Waals surface area contributed by atoms with Crippen LogP contribution in [-0.2, 0) is 14.4 Å². The largest absolute Gasteiger partial charge is 0.478 e. The van der Waals surface area contributed by atoms with Gasteiger partial charge in [-0.2, -0.15) is 0 Å². The second-order valence-corrected chi connectivity index (χ2v) is 6.45. The molecule has 0 saturated carbocycles. The van der Waals surface area contributed by atoms with Gasteiger partial charge < -0.3 is 19.3 Å². The molecule has 0 atom stereocenters. The first kappa shape index (κ1) is 21.4. The molecule has 1 aliphatic rings. The average molecular weight is 426 g/mol. The van der Waals surface area contributed by atoms with E-state index in [1.165, 1.54) is 0 Å². The van der Waals surface area contributed by atoms with E-state index in [2.05, 4.69) is 0 Å². The lowest BCUT2D eigenvalue weighted by atomic mass is 9.80. The van der Waals surface area contributed by atoms with Crippen LogP contribution in [0, 0.1) is 0 Å². The molecule has 0 bridgehead atoms. The number of ketones is 2. The van der Waals surface area contributed by atoms with Crippen molar-refractivity contribution < 1.29 is 48.1 Å². The molecule has 2 aromatic rings. The highest BCUT2D eigenvalue weighted by atomic mass is 16.5. The van der Waals surface area contributed by atoms with Gasteiger partial charge in [0.15, 0.2) is 5.78 Å². The Morgan fingerprint density at radius 3 is 1.84 bits per heavy atom. The first-order chi connectivity index (χ1) is 14.5. The Labute approximate surface area is 174 Å². The van der Waals surface area contributed by atoms with Gasteiger partial charge in [-0.1, -0.05) is 0 Å². The molecule has 0 fully saturated rings. The number of ether oxygens (including phenoxy) is 3. The predicted octanol–water partition coefficient (Wildman–Crippen LogP) is 1.94. The molecular weight excluding hydrogens is 412 g/mol. The SMILES string of the molecule is CC(=O)Oc1cc(OC(C)=O)c2c(c1)C(=O)c1c(C(=O)O)ccc(OC(C)=O)c1C2=O. The van der Waals surface area contributed by atoms with E-state index < -0.39 is 52.1 Å². The van der Waals surface area contributed by atoms with Gasteiger partial charge in [0.25, 0.3) is 0 Å². The number of benzene rings is 2. The van der Waals surface area contributed by atoms with E-state index in [0.717, 1.165) is 45.0 Å². The van der Waals surface area contributed by atoms with Crippen LogP contribution in [0.3, 0.4) is 0 Å². The number of carboxylic acid groups (broad SMARTS) is 1. The summed E-state index contributed by atoms with van der Waals surface area (Å²) in [4.78, 5) is 72.6. The lowest BCUT2D eigenvalue weighted by Gasteiger charge is -2.23. The summed E-state index contributed by atoms with van der Waals surface area (Å²) < 4.78 is 15.0. The van der Waals surface area contributed by atoms with Crippen LogP contribution in [0.25, 0.3) is 0 Å². The van der Waals surface area contributed by atoms with Gasteiger partial charge in [-0.15, -0.1) is 0 Å². The zero-order valence-corrected chi connectivity index (χ0v) is 16.4. The Kier molecular flexibility index (Phi) is 5.39. The Balaban J connectivity index is 2.37. The Morgan fingerprint density at radius 2 is 1.29 bits per heavy atom. The van der Waals surface area contributed by atoms with Gasteiger partial charge in [-0.05, 0) is 18.2 Å². The second kappa shape index (κ2) is 7.82. The molecule has 1 N–H and O–H groups in total. The average Bonchev–Trinajstić information content (AvgIpc) is 2.63. The fourth-order valence-electron chi connectivity index (χ4n) is 3.19. The third-order valence-electron chi connectivity index (χ3n) is 4.17. The predicted molar refractivity (Wildman–Crippen MR) is 101 cm³/mol. The molecule has 10 heteroatoms. The summed E-state index contributed by atoms with van der Waals surface area (Å²) in [6.07, 6.45) is 0. The Hall–Kier alpha value is -4.34. The number of rotatable bonds is 4. The van der Waals surface area contributed by atoms with Gasteiger partial charge >= 0.3 is 23.9 Å². The van der Waals surface area contributed by atoms with E-state index >= 15 is 0 Å². The van der Waals surface area contributed by atoms with Crippen molar-refractivity contribution in [3.8, 4) is 17.2 Å². The third-order valence-corrected chi connectivity index (χ3v) is 4.17. The van der Waals surface area contributed by atoms with Crippen molar-refractivity contribution in [1.29, 1.82) is 0 Å². The summed E-state index contributed by atoms with van der Waals surface area (Å²) in [6, 6.07) is 4.25. The quantitative estimate of drug-likeness (QED) is 0.484. The van der Waals surface area contributed by atoms with E-state index in [4.69, 9.17) is 14.2 Å². The van der Waals surface area contributed by atoms with Crippen molar-refractivity contribution in [1.82, 2.24) is 0 Å². The normalized spacial score (nSPS) is 11.8. The fourth-order valence-corrected chi connectivity index (χ4v) is 3.19. The van der Waals surface area contributed by atoms with Gasteiger partial charge in [0.1, 0.15) is 17.2 Å². The van der Waals surface area contributed by atoms with Gasteiger partial charge in [-0.25, -0.2) is 4.79 Å². The maximum Gasteiger partial charge on any atom is 0.336 e. The maximum atomic E-state index is 13.3. The molecule has 0 aliphatic heterocycles. The minimum atomic E-state index is -1.49. The van der Waals surface area contributed by atoms with Crippen LogP contribution in [-0.4, -0.2) is 40.6 Å². The standard InChI is InChI=1S/C21H14O10/c1-8(22)29-11-6-13-16(15(7-11)31-10(3)24)20(26)18-14(30-9(2)23)5-4-12(21(27)28)17(18)19(13)25/h4-7H,1-3H3,(H,27,28). The Bertz CT molecular complexity index is 1210. The van der Waals surface area contributed by atoms with Crippen LogP contribution >= 0.6 is 0 Å². The highest BCUT2D eigenvalue weighted by molar-refractivity contribution is 6.32. The molecule has 0 spiro atoms. The molecule has 10 nitrogen and oxygen atoms in total. The molecular formula is C21H14O10. The van der Waals surface area contributed by atoms with Gasteiger partial charge in [0.05, 0.1) is 22.3 Å². The van der Waals surface area contributed by atoms with E-state index in [1.807, 2.05) is 0 Å². The molecule has 2 aromatic carbocycles. The van der Waals surface area contributed by atoms with E-state index in [1.54, 1.807) is 0 Å². The number of aromatic carboxylic acids is 1. The minimum absolute atomic E-state index is 0.194. The molecule has 3 rings (SSSR count). The molecule has 0 aromatic heterocycles. The molecule has 158 valence electrons. The van der Waals surface area contributed by atoms with Crippen LogP contribution < -0.4 is 14.2 Å². The molecule has 0 heterocycles. The highest BCUT2D eigenvalue weighted by Crippen LogP contribution is 2.41. The van der Waals surface area contributed by atoms with Crippen LogP contribution in [0.2, 0.25) is 0 Å². The van der Waals surface area contributed by atoms with Crippen molar-refractivity contribution in [2.24, 2.45) is 0 Å². The number of hydrogen-bond acceptors (Lipinski definition) is 9. The van der Waals surface area contributed by atoms with Gasteiger partial charge in [-0.3, -0.25) is 24.0 Å². The molecule has 1 aliphatic carbocycles. The number of hydrogen-bond donors (Lipinski definition) is 1. The number of carbonyl (C=O) groups is 6. The summed E-state index contributed by atoms with van der Waals surface area (Å²) in [5.41, 5.74) is -2.16. The molecule has 0 amide bonds. The van der Waals surface area contributed by atoms with Crippen LogP contribution in [0.1, 0.15) is 63.0 Å². The van der Waals surface area contributed by atoms with E-state index in [-0.39, 0.29) is 28.4 Å². The number of fused-ring (bicyclic) bond motifs is 2. The lowest BCUT2D eigenvalue weighted by molar-refractivity contribution is -0.133. The van der Waals surface area contributed by atoms with Crippen molar-refractivity contribution in [3.05, 3.63) is 52.1 Å². The van der Waals surface area contributed by atoms with Crippen molar-refractivity contribution in [3.63, 3.8) is 0 Å². The van der Waals surface area contributed by atoms with Crippen molar-refractivity contribution in [2.75, 3.05) is 0 Å². The zero-order chi connectivity index (χ0) is 23.0. The maximum absolute atomic E-state index is 13.3. The summed E-state index contributed by atoms with van der Waals surface area (Å²) in [5.74, 6) is -6.59. The third kappa shape index (κ3) is 3.90. The monoisotopic (exact) mass is 426 g/mol. The van der Waals surface area contributed by atoms with Crippen molar-refractivity contribution in [2.45, 2.75) is 20.8 Å². The lowest BCUT2D eigenvalue weighted by Crippen LogP contribution is -2.26. The summed E-state index contributed by atoms with van der Waals surface area (Å²) >= 11 is 0. The molecule has 0 saturated heterocycles. The van der Waals surface area contributed by atoms with Crippen LogP contribution in [0.15, 0.2) is 24.3 Å². The summed E-state index contributed by atoms with van der Waals surface area (Å²) in [6.45, 7) is 3.22. The van der Waals surface area contributed by atoms with Crippen LogP contribution in [0.5, 0.6) is 17.2 Å². The van der Waals surface area contributed by atoms with Gasteiger partial charge in [0, 0.05) is 32.4 Å². The second-order valence-electron chi connectivity index (χ2n) is 6.45. The van der Waals surface area contributed by atoms with Crippen LogP contribution in [0.4, 0.5) is 0 Å². The molecule has 0 radical (unpaired) electrons. The zero-order valence-electron chi connectivity index (χ0n) is 16.4. The first-order valence-electron chi connectivity index (χ1n) is 8.74. The fraction of sp³-hybridized carbons (Fsp3) is 0.143.